The molecule has 0 amide bonds. The average Bonchev–Trinajstić information content (AvgIpc) is 2.52. The van der Waals surface area contributed by atoms with Gasteiger partial charge in [0, 0.05) is 17.9 Å². The minimum absolute atomic E-state index is 0.937. The number of aromatic nitrogens is 1. The smallest absolute Gasteiger partial charge is 0.0439 e. The lowest BCUT2D eigenvalue weighted by atomic mass is 10.1. The Labute approximate surface area is 79.4 Å². The van der Waals surface area contributed by atoms with E-state index in [1.54, 1.807) is 0 Å². The summed E-state index contributed by atoms with van der Waals surface area (Å²) in [6.07, 6.45) is 3.68. The fraction of sp³-hybridized carbons (Fsp3) is 0.545. The zero-order chi connectivity index (χ0) is 9.26. The number of nitrogens with one attached hydrogen (secondary N) is 1. The lowest BCUT2D eigenvalue weighted by Gasteiger charge is -2.07. The van der Waals surface area contributed by atoms with Crippen LogP contribution in [-0.4, -0.2) is 12.0 Å². The summed E-state index contributed by atoms with van der Waals surface area (Å²) >= 11 is 0. The van der Waals surface area contributed by atoms with Crippen LogP contribution in [0.15, 0.2) is 6.07 Å². The Kier molecular flexibility index (Phi) is 2.32. The van der Waals surface area contributed by atoms with Crippen LogP contribution in [0.2, 0.25) is 0 Å². The first-order chi connectivity index (χ1) is 6.31. The highest BCUT2D eigenvalue weighted by Crippen LogP contribution is 2.22. The van der Waals surface area contributed by atoms with Crippen LogP contribution in [0.4, 0.5) is 0 Å². The van der Waals surface area contributed by atoms with Gasteiger partial charge in [-0.1, -0.05) is 6.07 Å². The molecule has 0 atom stereocenters. The standard InChI is InChI=1S/C11H16N2/c1-8-10(7-12-2)6-9-4-3-5-11(9)13-8/h6,12H,3-5,7H2,1-2H3. The lowest BCUT2D eigenvalue weighted by molar-refractivity contribution is 0.800. The summed E-state index contributed by atoms with van der Waals surface area (Å²) in [4.78, 5) is 4.63. The van der Waals surface area contributed by atoms with Gasteiger partial charge < -0.3 is 5.32 Å². The average molecular weight is 176 g/mol. The lowest BCUT2D eigenvalue weighted by Crippen LogP contribution is -2.08. The Bertz CT molecular complexity index is 318. The fourth-order valence-corrected chi connectivity index (χ4v) is 1.99. The number of aryl methyl sites for hydroxylation is 3. The van der Waals surface area contributed by atoms with Crippen molar-refractivity contribution in [2.45, 2.75) is 32.7 Å². The maximum Gasteiger partial charge on any atom is 0.0439 e. The quantitative estimate of drug-likeness (QED) is 0.740. The molecule has 0 fully saturated rings. The summed E-state index contributed by atoms with van der Waals surface area (Å²) in [5, 5.41) is 3.18. The van der Waals surface area contributed by atoms with Crippen molar-refractivity contribution in [2.24, 2.45) is 0 Å². The van der Waals surface area contributed by atoms with E-state index in [9.17, 15) is 0 Å². The molecule has 1 aliphatic rings. The Morgan fingerprint density at radius 1 is 1.46 bits per heavy atom. The largest absolute Gasteiger partial charge is 0.316 e. The highest BCUT2D eigenvalue weighted by molar-refractivity contribution is 5.32. The van der Waals surface area contributed by atoms with E-state index in [0.29, 0.717) is 0 Å². The van der Waals surface area contributed by atoms with Gasteiger partial charge in [0.1, 0.15) is 0 Å². The van der Waals surface area contributed by atoms with Gasteiger partial charge in [-0.05, 0) is 44.4 Å². The van der Waals surface area contributed by atoms with Gasteiger partial charge in [0.2, 0.25) is 0 Å². The van der Waals surface area contributed by atoms with Gasteiger partial charge in [-0.15, -0.1) is 0 Å². The number of rotatable bonds is 2. The minimum Gasteiger partial charge on any atom is -0.316 e. The first-order valence-corrected chi connectivity index (χ1v) is 4.94. The predicted molar refractivity (Wildman–Crippen MR) is 53.8 cm³/mol. The predicted octanol–water partition coefficient (Wildman–Crippen LogP) is 1.60. The molecule has 1 aromatic rings. The molecule has 0 radical (unpaired) electrons. The summed E-state index contributed by atoms with van der Waals surface area (Å²) in [6, 6.07) is 2.32. The number of hydrogen-bond acceptors (Lipinski definition) is 2. The third-order valence-corrected chi connectivity index (χ3v) is 2.71. The van der Waals surface area contributed by atoms with Gasteiger partial charge in [0.25, 0.3) is 0 Å². The molecular weight excluding hydrogens is 160 g/mol. The van der Waals surface area contributed by atoms with E-state index in [-0.39, 0.29) is 0 Å². The molecule has 70 valence electrons. The highest BCUT2D eigenvalue weighted by Gasteiger charge is 2.13. The molecular formula is C11H16N2. The Hall–Kier alpha value is -0.890. The van der Waals surface area contributed by atoms with Crippen molar-refractivity contribution < 1.29 is 0 Å². The summed E-state index contributed by atoms with van der Waals surface area (Å²) in [7, 11) is 1.98. The second-order valence-corrected chi connectivity index (χ2v) is 3.72. The van der Waals surface area contributed by atoms with Crippen molar-refractivity contribution in [3.8, 4) is 0 Å². The van der Waals surface area contributed by atoms with Crippen LogP contribution in [0.25, 0.3) is 0 Å². The van der Waals surface area contributed by atoms with Crippen molar-refractivity contribution in [3.05, 3.63) is 28.6 Å². The van der Waals surface area contributed by atoms with E-state index in [2.05, 4.69) is 23.3 Å². The van der Waals surface area contributed by atoms with E-state index >= 15 is 0 Å². The molecule has 2 heteroatoms. The summed E-state index contributed by atoms with van der Waals surface area (Å²) in [5.41, 5.74) is 5.34. The number of pyridine rings is 1. The summed E-state index contributed by atoms with van der Waals surface area (Å²) in [6.45, 7) is 3.04. The molecule has 13 heavy (non-hydrogen) atoms. The normalized spacial score (nSPS) is 14.6. The topological polar surface area (TPSA) is 24.9 Å². The molecule has 2 nitrogen and oxygen atoms in total. The first kappa shape index (κ1) is 8.70. The van der Waals surface area contributed by atoms with Gasteiger partial charge in [-0.2, -0.15) is 0 Å². The van der Waals surface area contributed by atoms with Crippen LogP contribution in [0, 0.1) is 6.92 Å². The molecule has 0 unspecified atom stereocenters. The number of nitrogens with zero attached hydrogens (tertiary/aromatic N) is 1. The van der Waals surface area contributed by atoms with Crippen molar-refractivity contribution >= 4 is 0 Å². The molecule has 0 bridgehead atoms. The SMILES string of the molecule is CNCc1cc2c(nc1C)CCC2. The van der Waals surface area contributed by atoms with E-state index < -0.39 is 0 Å². The maximum absolute atomic E-state index is 4.63. The molecule has 0 saturated carbocycles. The van der Waals surface area contributed by atoms with Crippen molar-refractivity contribution in [3.63, 3.8) is 0 Å². The zero-order valence-corrected chi connectivity index (χ0v) is 8.35. The van der Waals surface area contributed by atoms with Crippen LogP contribution in [-0.2, 0) is 19.4 Å². The minimum atomic E-state index is 0.937. The third kappa shape index (κ3) is 1.59. The van der Waals surface area contributed by atoms with Crippen molar-refractivity contribution in [1.82, 2.24) is 10.3 Å². The fourth-order valence-electron chi connectivity index (χ4n) is 1.99. The number of fused-ring (bicyclic) bond motifs is 1. The number of hydrogen-bond donors (Lipinski definition) is 1. The molecule has 1 N–H and O–H groups in total. The van der Waals surface area contributed by atoms with E-state index in [4.69, 9.17) is 0 Å². The van der Waals surface area contributed by atoms with Crippen molar-refractivity contribution in [1.29, 1.82) is 0 Å². The molecule has 1 heterocycles. The Morgan fingerprint density at radius 3 is 3.08 bits per heavy atom. The van der Waals surface area contributed by atoms with Crippen LogP contribution in [0.3, 0.4) is 0 Å². The highest BCUT2D eigenvalue weighted by atomic mass is 14.8. The van der Waals surface area contributed by atoms with E-state index in [1.165, 1.54) is 41.8 Å². The van der Waals surface area contributed by atoms with E-state index in [0.717, 1.165) is 6.54 Å². The second kappa shape index (κ2) is 3.46. The molecule has 0 aromatic carbocycles. The van der Waals surface area contributed by atoms with Crippen LogP contribution in [0.1, 0.15) is 28.9 Å². The Morgan fingerprint density at radius 2 is 2.31 bits per heavy atom. The van der Waals surface area contributed by atoms with Crippen LogP contribution in [0.5, 0.6) is 0 Å². The van der Waals surface area contributed by atoms with Gasteiger partial charge in [-0.25, -0.2) is 0 Å². The molecule has 0 spiro atoms. The van der Waals surface area contributed by atoms with E-state index in [1.807, 2.05) is 7.05 Å². The molecule has 0 saturated heterocycles. The van der Waals surface area contributed by atoms with Gasteiger partial charge in [-0.3, -0.25) is 4.98 Å². The monoisotopic (exact) mass is 176 g/mol. The van der Waals surface area contributed by atoms with Gasteiger partial charge in [0.05, 0.1) is 0 Å². The van der Waals surface area contributed by atoms with Gasteiger partial charge in [0.15, 0.2) is 0 Å². The van der Waals surface area contributed by atoms with Gasteiger partial charge >= 0.3 is 0 Å². The molecule has 1 aromatic heterocycles. The maximum atomic E-state index is 4.63. The second-order valence-electron chi connectivity index (χ2n) is 3.72. The van der Waals surface area contributed by atoms with Crippen molar-refractivity contribution in [2.75, 3.05) is 7.05 Å². The third-order valence-electron chi connectivity index (χ3n) is 2.71. The molecule has 2 rings (SSSR count). The Balaban J connectivity index is 2.37. The molecule has 1 aliphatic carbocycles. The van der Waals surface area contributed by atoms with Crippen LogP contribution >= 0.6 is 0 Å². The summed E-state index contributed by atoms with van der Waals surface area (Å²) < 4.78 is 0. The zero-order valence-electron chi connectivity index (χ0n) is 8.35. The molecule has 0 aliphatic heterocycles. The summed E-state index contributed by atoms with van der Waals surface area (Å²) in [5.74, 6) is 0. The first-order valence-electron chi connectivity index (χ1n) is 4.94. The van der Waals surface area contributed by atoms with Crippen LogP contribution < -0.4 is 5.32 Å².